The summed E-state index contributed by atoms with van der Waals surface area (Å²) in [6.45, 7) is 1.59. The first-order valence-electron chi connectivity index (χ1n) is 7.71. The number of phenols is 1. The average molecular weight is 385 g/mol. The number of benzene rings is 3. The van der Waals surface area contributed by atoms with Crippen molar-refractivity contribution in [2.24, 2.45) is 15.4 Å². The van der Waals surface area contributed by atoms with Crippen LogP contribution >= 0.6 is 0 Å². The molecule has 0 amide bonds. The van der Waals surface area contributed by atoms with E-state index in [1.165, 1.54) is 24.3 Å². The van der Waals surface area contributed by atoms with Gasteiger partial charge >= 0.3 is 5.97 Å². The van der Waals surface area contributed by atoms with Crippen LogP contribution in [0.5, 0.6) is 5.75 Å². The van der Waals surface area contributed by atoms with Crippen LogP contribution in [0.4, 0.5) is 11.4 Å². The maximum Gasteiger partial charge on any atom is 0.340 e. The highest BCUT2D eigenvalue weighted by molar-refractivity contribution is 7.89. The van der Waals surface area contributed by atoms with Gasteiger partial charge in [-0.1, -0.05) is 30.3 Å². The molecule has 0 aliphatic heterocycles. The Labute approximate surface area is 154 Å². The Morgan fingerprint density at radius 2 is 1.78 bits per heavy atom. The van der Waals surface area contributed by atoms with E-state index in [1.54, 1.807) is 31.2 Å². The van der Waals surface area contributed by atoms with Crippen molar-refractivity contribution < 1.29 is 23.4 Å². The number of carboxylic acid groups (broad SMARTS) is 1. The second kappa shape index (κ2) is 6.78. The predicted octanol–water partition coefficient (Wildman–Crippen LogP) is 3.61. The summed E-state index contributed by atoms with van der Waals surface area (Å²) >= 11 is 0. The highest BCUT2D eigenvalue weighted by atomic mass is 32.2. The maximum atomic E-state index is 11.6. The van der Waals surface area contributed by atoms with Gasteiger partial charge in [0.05, 0.1) is 10.6 Å². The van der Waals surface area contributed by atoms with Crippen LogP contribution in [-0.4, -0.2) is 24.6 Å². The number of sulfonamides is 1. The lowest BCUT2D eigenvalue weighted by Gasteiger charge is -2.08. The first-order valence-corrected chi connectivity index (χ1v) is 9.26. The highest BCUT2D eigenvalue weighted by Gasteiger charge is 2.18. The SMILES string of the molecule is Cc1ccc(N=Nc2cc3ccccc3c(C(=O)O)c2O)cc1S(N)(=O)=O. The first kappa shape index (κ1) is 18.5. The molecule has 0 aromatic heterocycles. The summed E-state index contributed by atoms with van der Waals surface area (Å²) in [6.07, 6.45) is 0. The van der Waals surface area contributed by atoms with Crippen LogP contribution in [0.15, 0.2) is 63.7 Å². The van der Waals surface area contributed by atoms with Crippen LogP contribution in [0.25, 0.3) is 10.8 Å². The summed E-state index contributed by atoms with van der Waals surface area (Å²) in [7, 11) is -3.92. The number of rotatable bonds is 4. The van der Waals surface area contributed by atoms with E-state index < -0.39 is 21.7 Å². The van der Waals surface area contributed by atoms with Gasteiger partial charge in [0.15, 0.2) is 5.75 Å². The third-order valence-electron chi connectivity index (χ3n) is 3.97. The minimum Gasteiger partial charge on any atom is -0.505 e. The molecule has 27 heavy (non-hydrogen) atoms. The molecular weight excluding hydrogens is 370 g/mol. The van der Waals surface area contributed by atoms with Crippen molar-refractivity contribution >= 4 is 38.1 Å². The van der Waals surface area contributed by atoms with Gasteiger partial charge in [-0.05, 0) is 36.1 Å². The molecule has 9 heteroatoms. The number of nitrogens with two attached hydrogens (primary N) is 1. The van der Waals surface area contributed by atoms with Gasteiger partial charge in [-0.25, -0.2) is 18.4 Å². The molecule has 0 unspecified atom stereocenters. The fourth-order valence-electron chi connectivity index (χ4n) is 2.68. The second-order valence-electron chi connectivity index (χ2n) is 5.84. The largest absolute Gasteiger partial charge is 0.505 e. The number of carboxylic acids is 1. The van der Waals surface area contributed by atoms with E-state index in [9.17, 15) is 23.4 Å². The van der Waals surface area contributed by atoms with Gasteiger partial charge in [0.2, 0.25) is 10.0 Å². The van der Waals surface area contributed by atoms with Gasteiger partial charge in [-0.3, -0.25) is 0 Å². The van der Waals surface area contributed by atoms with Crippen LogP contribution in [0.2, 0.25) is 0 Å². The molecule has 0 spiro atoms. The molecule has 0 radical (unpaired) electrons. The standard InChI is InChI=1S/C18H15N3O5S/c1-10-6-7-12(9-15(10)27(19,25)26)20-21-14-8-11-4-2-3-5-13(11)16(17(14)22)18(23)24/h2-9,22H,1H3,(H,23,24)(H2,19,25,26). The van der Waals surface area contributed by atoms with E-state index in [0.29, 0.717) is 16.3 Å². The summed E-state index contributed by atoms with van der Waals surface area (Å²) in [4.78, 5) is 11.5. The molecule has 4 N–H and O–H groups in total. The Balaban J connectivity index is 2.12. The predicted molar refractivity (Wildman–Crippen MR) is 99.3 cm³/mol. The van der Waals surface area contributed by atoms with Crippen LogP contribution in [0.1, 0.15) is 15.9 Å². The zero-order chi connectivity index (χ0) is 19.8. The molecule has 3 aromatic carbocycles. The van der Waals surface area contributed by atoms with Gasteiger partial charge in [0.1, 0.15) is 11.3 Å². The van der Waals surface area contributed by atoms with Crippen molar-refractivity contribution in [1.82, 2.24) is 0 Å². The van der Waals surface area contributed by atoms with Crippen molar-refractivity contribution in [2.45, 2.75) is 11.8 Å². The molecule has 0 saturated heterocycles. The van der Waals surface area contributed by atoms with Crippen molar-refractivity contribution in [3.63, 3.8) is 0 Å². The smallest absolute Gasteiger partial charge is 0.340 e. The van der Waals surface area contributed by atoms with Crippen LogP contribution < -0.4 is 5.14 Å². The lowest BCUT2D eigenvalue weighted by Crippen LogP contribution is -2.13. The molecule has 0 atom stereocenters. The Kier molecular flexibility index (Phi) is 4.64. The summed E-state index contributed by atoms with van der Waals surface area (Å²) in [5.74, 6) is -1.82. The highest BCUT2D eigenvalue weighted by Crippen LogP contribution is 2.37. The van der Waals surface area contributed by atoms with E-state index in [-0.39, 0.29) is 21.8 Å². The lowest BCUT2D eigenvalue weighted by atomic mass is 10.0. The summed E-state index contributed by atoms with van der Waals surface area (Å²) < 4.78 is 23.2. The van der Waals surface area contributed by atoms with Gasteiger partial charge in [-0.15, -0.1) is 5.11 Å². The lowest BCUT2D eigenvalue weighted by molar-refractivity contribution is 0.0696. The molecule has 3 rings (SSSR count). The van der Waals surface area contributed by atoms with Crippen LogP contribution in [-0.2, 0) is 10.0 Å². The number of aryl methyl sites for hydroxylation is 1. The van der Waals surface area contributed by atoms with Gasteiger partial charge < -0.3 is 10.2 Å². The van der Waals surface area contributed by atoms with E-state index in [2.05, 4.69) is 10.2 Å². The van der Waals surface area contributed by atoms with Gasteiger partial charge in [-0.2, -0.15) is 5.11 Å². The average Bonchev–Trinajstić information content (AvgIpc) is 2.59. The second-order valence-corrected chi connectivity index (χ2v) is 7.37. The Hall–Kier alpha value is -3.30. The molecule has 0 aliphatic rings. The summed E-state index contributed by atoms with van der Waals surface area (Å²) in [5, 5.41) is 33.6. The van der Waals surface area contributed by atoms with Crippen LogP contribution in [0.3, 0.4) is 0 Å². The number of hydrogen-bond acceptors (Lipinski definition) is 6. The molecule has 0 aliphatic carbocycles. The zero-order valence-electron chi connectivity index (χ0n) is 14.1. The van der Waals surface area contributed by atoms with Crippen LogP contribution in [0, 0.1) is 6.92 Å². The van der Waals surface area contributed by atoms with Crippen molar-refractivity contribution in [1.29, 1.82) is 0 Å². The molecular formula is C18H15N3O5S. The number of carbonyl (C=O) groups is 1. The topological polar surface area (TPSA) is 142 Å². The minimum atomic E-state index is -3.92. The van der Waals surface area contributed by atoms with E-state index in [1.807, 2.05) is 0 Å². The molecule has 0 bridgehead atoms. The van der Waals surface area contributed by atoms with Gasteiger partial charge in [0, 0.05) is 5.39 Å². The monoisotopic (exact) mass is 385 g/mol. The number of aromatic hydroxyl groups is 1. The number of nitrogens with zero attached hydrogens (tertiary/aromatic N) is 2. The van der Waals surface area contributed by atoms with E-state index in [4.69, 9.17) is 5.14 Å². The Morgan fingerprint density at radius 3 is 2.44 bits per heavy atom. The van der Waals surface area contributed by atoms with Crippen molar-refractivity contribution in [3.05, 3.63) is 59.7 Å². The minimum absolute atomic E-state index is 0.0520. The molecule has 0 heterocycles. The number of azo groups is 1. The Morgan fingerprint density at radius 1 is 1.07 bits per heavy atom. The number of fused-ring (bicyclic) bond motifs is 1. The molecule has 138 valence electrons. The molecule has 3 aromatic rings. The fourth-order valence-corrected chi connectivity index (χ4v) is 3.49. The molecule has 0 saturated carbocycles. The molecule has 0 fully saturated rings. The number of hydrogen-bond donors (Lipinski definition) is 3. The summed E-state index contributed by atoms with van der Waals surface area (Å²) in [6, 6.07) is 12.5. The summed E-state index contributed by atoms with van der Waals surface area (Å²) in [5.41, 5.74) is 0.312. The van der Waals surface area contributed by atoms with Crippen molar-refractivity contribution in [2.75, 3.05) is 0 Å². The molecule has 8 nitrogen and oxygen atoms in total. The normalized spacial score (nSPS) is 11.9. The first-order chi connectivity index (χ1) is 12.7. The number of aromatic carboxylic acids is 1. The van der Waals surface area contributed by atoms with Gasteiger partial charge in [0.25, 0.3) is 0 Å². The third kappa shape index (κ3) is 3.64. The van der Waals surface area contributed by atoms with E-state index in [0.717, 1.165) is 0 Å². The maximum absolute atomic E-state index is 11.6. The number of primary sulfonamides is 1. The fraction of sp³-hybridized carbons (Fsp3) is 0.0556. The zero-order valence-corrected chi connectivity index (χ0v) is 14.9. The third-order valence-corrected chi connectivity index (χ3v) is 5.02. The quantitative estimate of drug-likeness (QED) is 0.588. The Bertz CT molecular complexity index is 1200. The van der Waals surface area contributed by atoms with Crippen molar-refractivity contribution in [3.8, 4) is 5.75 Å². The van der Waals surface area contributed by atoms with E-state index >= 15 is 0 Å².